The number of amides is 4. The number of nitrogens with zero attached hydrogens (tertiary/aromatic N) is 2. The first kappa shape index (κ1) is 21.2. The highest BCUT2D eigenvalue weighted by Crippen LogP contribution is 2.21. The third-order valence-corrected chi connectivity index (χ3v) is 4.25. The third-order valence-electron chi connectivity index (χ3n) is 3.42. The maximum Gasteiger partial charge on any atom is 0.357 e. The average molecular weight is 405 g/mol. The van der Waals surface area contributed by atoms with Crippen LogP contribution in [0.2, 0.25) is 0 Å². The lowest BCUT2D eigenvalue weighted by Gasteiger charge is -2.21. The molecule has 2 rings (SSSR count). The van der Waals surface area contributed by atoms with Crippen molar-refractivity contribution < 1.29 is 19.1 Å². The van der Waals surface area contributed by atoms with Gasteiger partial charge in [0.25, 0.3) is 0 Å². The number of aryl methyl sites for hydroxylation is 1. The van der Waals surface area contributed by atoms with Gasteiger partial charge in [-0.05, 0) is 32.4 Å². The fourth-order valence-corrected chi connectivity index (χ4v) is 2.80. The van der Waals surface area contributed by atoms with Crippen LogP contribution in [-0.4, -0.2) is 36.2 Å². The molecule has 28 heavy (non-hydrogen) atoms. The molecule has 0 aliphatic heterocycles. The van der Waals surface area contributed by atoms with Gasteiger partial charge in [-0.2, -0.15) is 5.01 Å². The Morgan fingerprint density at radius 1 is 1.18 bits per heavy atom. The van der Waals surface area contributed by atoms with E-state index >= 15 is 0 Å². The van der Waals surface area contributed by atoms with Crippen LogP contribution in [0.15, 0.2) is 29.6 Å². The van der Waals surface area contributed by atoms with Crippen LogP contribution in [0.25, 0.3) is 0 Å². The van der Waals surface area contributed by atoms with Crippen LogP contribution in [0.3, 0.4) is 0 Å². The molecule has 0 fully saturated rings. The van der Waals surface area contributed by atoms with Crippen LogP contribution in [0.1, 0.15) is 36.3 Å². The van der Waals surface area contributed by atoms with Crippen LogP contribution in [0.5, 0.6) is 0 Å². The molecule has 2 aromatic rings. The van der Waals surface area contributed by atoms with Gasteiger partial charge in [0.1, 0.15) is 0 Å². The minimum Gasteiger partial charge on any atom is -0.461 e. The number of carbonyl (C=O) groups is 3. The number of hydrogen-bond donors (Lipinski definition) is 3. The van der Waals surface area contributed by atoms with Gasteiger partial charge in [-0.1, -0.05) is 24.6 Å². The highest BCUT2D eigenvalue weighted by Gasteiger charge is 2.23. The van der Waals surface area contributed by atoms with E-state index in [1.54, 1.807) is 19.1 Å². The molecule has 0 aliphatic rings. The molecule has 0 bridgehead atoms. The Hall–Kier alpha value is -3.14. The number of benzene rings is 1. The highest BCUT2D eigenvalue weighted by molar-refractivity contribution is 7.14. The van der Waals surface area contributed by atoms with Gasteiger partial charge in [0, 0.05) is 17.6 Å². The zero-order valence-electron chi connectivity index (χ0n) is 15.9. The molecule has 0 aliphatic carbocycles. The van der Waals surface area contributed by atoms with Crippen molar-refractivity contribution in [3.63, 3.8) is 0 Å². The summed E-state index contributed by atoms with van der Waals surface area (Å²) in [7, 11) is 0. The third kappa shape index (κ3) is 5.95. The Morgan fingerprint density at radius 2 is 1.89 bits per heavy atom. The zero-order chi connectivity index (χ0) is 20.5. The second kappa shape index (κ2) is 10.3. The number of anilines is 2. The summed E-state index contributed by atoms with van der Waals surface area (Å²) < 4.78 is 4.91. The molecule has 10 heteroatoms. The Balaban J connectivity index is 2.20. The predicted octanol–water partition coefficient (Wildman–Crippen LogP) is 3.29. The minimum absolute atomic E-state index is 0.0609. The smallest absolute Gasteiger partial charge is 0.357 e. The summed E-state index contributed by atoms with van der Waals surface area (Å²) in [5.74, 6) is -0.598. The van der Waals surface area contributed by atoms with Crippen molar-refractivity contribution in [3.05, 3.63) is 40.9 Å². The summed E-state index contributed by atoms with van der Waals surface area (Å²) in [6.45, 7) is 6.19. The molecule has 9 nitrogen and oxygen atoms in total. The van der Waals surface area contributed by atoms with Crippen molar-refractivity contribution in [2.24, 2.45) is 0 Å². The van der Waals surface area contributed by atoms with Crippen LogP contribution >= 0.6 is 11.3 Å². The van der Waals surface area contributed by atoms with Crippen LogP contribution < -0.4 is 21.1 Å². The first-order valence-corrected chi connectivity index (χ1v) is 9.67. The van der Waals surface area contributed by atoms with E-state index in [1.807, 2.05) is 26.0 Å². The van der Waals surface area contributed by atoms with Crippen molar-refractivity contribution in [2.75, 3.05) is 23.5 Å². The molecule has 150 valence electrons. The molecule has 1 heterocycles. The van der Waals surface area contributed by atoms with E-state index in [2.05, 4.69) is 21.0 Å². The van der Waals surface area contributed by atoms with Gasteiger partial charge < -0.3 is 15.4 Å². The normalized spacial score (nSPS) is 10.1. The first-order chi connectivity index (χ1) is 13.4. The van der Waals surface area contributed by atoms with Crippen LogP contribution in [0.4, 0.5) is 20.4 Å². The lowest BCUT2D eigenvalue weighted by atomic mass is 10.2. The Labute approximate surface area is 167 Å². The number of urea groups is 2. The quantitative estimate of drug-likeness (QED) is 0.504. The van der Waals surface area contributed by atoms with Gasteiger partial charge in [-0.3, -0.25) is 0 Å². The van der Waals surface area contributed by atoms with Crippen molar-refractivity contribution in [3.8, 4) is 0 Å². The number of carbonyl (C=O) groups excluding carboxylic acids is 3. The largest absolute Gasteiger partial charge is 0.461 e. The lowest BCUT2D eigenvalue weighted by Crippen LogP contribution is -2.52. The molecular weight excluding hydrogens is 382 g/mol. The minimum atomic E-state index is -0.625. The van der Waals surface area contributed by atoms with E-state index in [4.69, 9.17) is 4.74 Å². The van der Waals surface area contributed by atoms with E-state index in [9.17, 15) is 14.4 Å². The monoisotopic (exact) mass is 405 g/mol. The Kier molecular flexibility index (Phi) is 7.76. The predicted molar refractivity (Wildman–Crippen MR) is 108 cm³/mol. The molecule has 0 radical (unpaired) electrons. The number of thiazole rings is 1. The number of rotatable bonds is 6. The van der Waals surface area contributed by atoms with E-state index < -0.39 is 18.0 Å². The van der Waals surface area contributed by atoms with E-state index in [1.165, 1.54) is 5.38 Å². The average Bonchev–Trinajstić information content (AvgIpc) is 3.16. The van der Waals surface area contributed by atoms with Gasteiger partial charge in [-0.25, -0.2) is 24.8 Å². The summed E-state index contributed by atoms with van der Waals surface area (Å²) in [5, 5.41) is 7.85. The summed E-state index contributed by atoms with van der Waals surface area (Å²) in [4.78, 5) is 40.8. The lowest BCUT2D eigenvalue weighted by molar-refractivity contribution is 0.0520. The summed E-state index contributed by atoms with van der Waals surface area (Å²) in [5.41, 5.74) is 4.11. The summed E-state index contributed by atoms with van der Waals surface area (Å²) in [6, 6.07) is 6.00. The fourth-order valence-electron chi connectivity index (χ4n) is 2.05. The number of hydrogen-bond acceptors (Lipinski definition) is 6. The van der Waals surface area contributed by atoms with Gasteiger partial charge in [0.2, 0.25) is 5.13 Å². The van der Waals surface area contributed by atoms with E-state index in [-0.39, 0.29) is 17.4 Å². The molecule has 0 saturated heterocycles. The standard InChI is InChI=1S/C18H23N5O4S/c1-4-10-19-16(25)22-23(17(26)20-13-8-6-12(3)7-9-13)18-21-14(11-28-18)15(24)27-5-2/h6-9,11H,4-5,10H2,1-3H3,(H,20,26)(H2,19,22,25). The number of hydrazine groups is 1. The second-order valence-corrected chi connectivity index (χ2v) is 6.57. The maximum absolute atomic E-state index is 12.7. The van der Waals surface area contributed by atoms with Crippen LogP contribution in [-0.2, 0) is 4.74 Å². The van der Waals surface area contributed by atoms with Crippen molar-refractivity contribution in [1.82, 2.24) is 15.7 Å². The van der Waals surface area contributed by atoms with Gasteiger partial charge in [-0.15, -0.1) is 11.3 Å². The summed E-state index contributed by atoms with van der Waals surface area (Å²) >= 11 is 1.03. The molecule has 1 aromatic carbocycles. The highest BCUT2D eigenvalue weighted by atomic mass is 32.1. The fraction of sp³-hybridized carbons (Fsp3) is 0.333. The zero-order valence-corrected chi connectivity index (χ0v) is 16.8. The molecule has 0 atom stereocenters. The van der Waals surface area contributed by atoms with Crippen molar-refractivity contribution in [2.45, 2.75) is 27.2 Å². The number of esters is 1. The van der Waals surface area contributed by atoms with E-state index in [0.29, 0.717) is 12.2 Å². The molecular formula is C18H23N5O4S. The Morgan fingerprint density at radius 3 is 2.54 bits per heavy atom. The van der Waals surface area contributed by atoms with Gasteiger partial charge in [0.15, 0.2) is 5.69 Å². The molecule has 1 aromatic heterocycles. The first-order valence-electron chi connectivity index (χ1n) is 8.79. The number of ether oxygens (including phenoxy) is 1. The molecule has 3 N–H and O–H groups in total. The second-order valence-electron chi connectivity index (χ2n) is 5.74. The SMILES string of the molecule is CCCNC(=O)NN(C(=O)Nc1ccc(C)cc1)c1nc(C(=O)OCC)cs1. The summed E-state index contributed by atoms with van der Waals surface area (Å²) in [6.07, 6.45) is 0.743. The molecule has 4 amide bonds. The molecule has 0 spiro atoms. The van der Waals surface area contributed by atoms with Crippen molar-refractivity contribution >= 4 is 40.2 Å². The van der Waals surface area contributed by atoms with Crippen molar-refractivity contribution in [1.29, 1.82) is 0 Å². The van der Waals surface area contributed by atoms with E-state index in [0.717, 1.165) is 28.3 Å². The van der Waals surface area contributed by atoms with Gasteiger partial charge >= 0.3 is 18.0 Å². The van der Waals surface area contributed by atoms with Gasteiger partial charge in [0.05, 0.1) is 6.61 Å². The molecule has 0 unspecified atom stereocenters. The number of nitrogens with one attached hydrogen (secondary N) is 3. The number of aromatic nitrogens is 1. The molecule has 0 saturated carbocycles. The maximum atomic E-state index is 12.7. The Bertz CT molecular complexity index is 822. The van der Waals surface area contributed by atoms with Crippen LogP contribution in [0, 0.1) is 6.92 Å². The topological polar surface area (TPSA) is 113 Å².